The molecule has 0 amide bonds. The first-order chi connectivity index (χ1) is 11.6. The van der Waals surface area contributed by atoms with Gasteiger partial charge in [0.2, 0.25) is 0 Å². The van der Waals surface area contributed by atoms with Gasteiger partial charge in [-0.2, -0.15) is 0 Å². The normalized spacial score (nSPS) is 20.2. The third-order valence-corrected chi connectivity index (χ3v) is 5.60. The molecule has 1 spiro atoms. The quantitative estimate of drug-likeness (QED) is 0.834. The fraction of sp³-hybridized carbons (Fsp3) is 0.474. The van der Waals surface area contributed by atoms with Crippen LogP contribution in [0.25, 0.3) is 16.6 Å². The SMILES string of the molecule is CCn1c(C2=C(O)C3(CCCCC3)N=C2N)[n+](C)c2ccccc21. The van der Waals surface area contributed by atoms with Gasteiger partial charge in [-0.05, 0) is 31.9 Å². The minimum atomic E-state index is -0.486. The molecule has 2 aromatic rings. The van der Waals surface area contributed by atoms with Crippen LogP contribution in [0.1, 0.15) is 44.9 Å². The zero-order chi connectivity index (χ0) is 16.9. The largest absolute Gasteiger partial charge is 0.509 e. The Hall–Kier alpha value is -2.30. The van der Waals surface area contributed by atoms with Gasteiger partial charge in [-0.3, -0.25) is 4.99 Å². The number of rotatable bonds is 2. The van der Waals surface area contributed by atoms with Gasteiger partial charge in [-0.25, -0.2) is 9.13 Å². The van der Waals surface area contributed by atoms with Crippen molar-refractivity contribution in [3.05, 3.63) is 35.8 Å². The summed E-state index contributed by atoms with van der Waals surface area (Å²) in [7, 11) is 2.03. The Labute approximate surface area is 142 Å². The van der Waals surface area contributed by atoms with Gasteiger partial charge in [0.05, 0.1) is 13.6 Å². The topological polar surface area (TPSA) is 67.4 Å². The monoisotopic (exact) mass is 325 g/mol. The molecule has 2 aliphatic rings. The summed E-state index contributed by atoms with van der Waals surface area (Å²) >= 11 is 0. The van der Waals surface area contributed by atoms with Crippen LogP contribution < -0.4 is 10.3 Å². The molecule has 5 heteroatoms. The number of aromatic nitrogens is 2. The highest BCUT2D eigenvalue weighted by atomic mass is 16.3. The second-order valence-electron chi connectivity index (χ2n) is 6.93. The minimum Gasteiger partial charge on any atom is -0.509 e. The second kappa shape index (κ2) is 5.36. The summed E-state index contributed by atoms with van der Waals surface area (Å²) < 4.78 is 4.33. The van der Waals surface area contributed by atoms with Crippen molar-refractivity contribution in [1.82, 2.24) is 4.57 Å². The Morgan fingerprint density at radius 2 is 1.96 bits per heavy atom. The summed E-state index contributed by atoms with van der Waals surface area (Å²) in [6, 6.07) is 8.29. The molecule has 0 bridgehead atoms. The van der Waals surface area contributed by atoms with Crippen molar-refractivity contribution in [2.24, 2.45) is 17.8 Å². The Kier molecular flexibility index (Phi) is 3.41. The molecular weight excluding hydrogens is 300 g/mol. The van der Waals surface area contributed by atoms with Gasteiger partial charge < -0.3 is 10.8 Å². The van der Waals surface area contributed by atoms with Crippen molar-refractivity contribution >= 4 is 22.4 Å². The highest BCUT2D eigenvalue weighted by molar-refractivity contribution is 6.23. The highest BCUT2D eigenvalue weighted by Gasteiger charge is 2.46. The van der Waals surface area contributed by atoms with Crippen molar-refractivity contribution in [2.45, 2.75) is 51.1 Å². The molecular formula is C19H25N4O+. The van der Waals surface area contributed by atoms with Crippen LogP contribution in [0, 0.1) is 0 Å². The summed E-state index contributed by atoms with van der Waals surface area (Å²) in [5, 5.41) is 11.1. The number of hydrogen-bond acceptors (Lipinski definition) is 3. The number of nitrogens with zero attached hydrogens (tertiary/aromatic N) is 3. The number of para-hydroxylation sites is 2. The summed E-state index contributed by atoms with van der Waals surface area (Å²) in [4.78, 5) is 4.75. The maximum Gasteiger partial charge on any atom is 0.296 e. The van der Waals surface area contributed by atoms with Gasteiger partial charge in [0.1, 0.15) is 22.7 Å². The van der Waals surface area contributed by atoms with E-state index in [2.05, 4.69) is 28.2 Å². The van der Waals surface area contributed by atoms with Gasteiger partial charge in [0.15, 0.2) is 11.0 Å². The molecule has 0 atom stereocenters. The summed E-state index contributed by atoms with van der Waals surface area (Å²) in [6.45, 7) is 2.93. The van der Waals surface area contributed by atoms with Crippen LogP contribution in [-0.2, 0) is 13.6 Å². The lowest BCUT2D eigenvalue weighted by molar-refractivity contribution is -0.648. The van der Waals surface area contributed by atoms with E-state index in [9.17, 15) is 5.11 Å². The smallest absolute Gasteiger partial charge is 0.296 e. The van der Waals surface area contributed by atoms with Crippen LogP contribution in [0.15, 0.2) is 35.0 Å². The number of imidazole rings is 1. The molecule has 2 heterocycles. The van der Waals surface area contributed by atoms with E-state index in [-0.39, 0.29) is 0 Å². The van der Waals surface area contributed by atoms with Crippen LogP contribution in [0.3, 0.4) is 0 Å². The summed E-state index contributed by atoms with van der Waals surface area (Å²) in [5.41, 5.74) is 8.84. The molecule has 3 N–H and O–H groups in total. The number of aliphatic hydroxyl groups is 1. The van der Waals surface area contributed by atoms with Gasteiger partial charge in [0.25, 0.3) is 5.82 Å². The lowest BCUT2D eigenvalue weighted by atomic mass is 9.81. The molecule has 5 nitrogen and oxygen atoms in total. The van der Waals surface area contributed by atoms with E-state index in [1.807, 2.05) is 19.2 Å². The molecule has 24 heavy (non-hydrogen) atoms. The second-order valence-corrected chi connectivity index (χ2v) is 6.93. The molecule has 0 unspecified atom stereocenters. The lowest BCUT2D eigenvalue weighted by Crippen LogP contribution is -2.35. The number of fused-ring (bicyclic) bond motifs is 1. The molecule has 1 saturated carbocycles. The lowest BCUT2D eigenvalue weighted by Gasteiger charge is -2.30. The Balaban J connectivity index is 1.98. The van der Waals surface area contributed by atoms with Gasteiger partial charge >= 0.3 is 0 Å². The number of aryl methyl sites for hydroxylation is 2. The molecule has 1 aromatic carbocycles. The van der Waals surface area contributed by atoms with Crippen molar-refractivity contribution in [1.29, 1.82) is 0 Å². The first-order valence-corrected chi connectivity index (χ1v) is 8.86. The predicted molar refractivity (Wildman–Crippen MR) is 95.8 cm³/mol. The average molecular weight is 325 g/mol. The van der Waals surface area contributed by atoms with Crippen molar-refractivity contribution < 1.29 is 9.67 Å². The van der Waals surface area contributed by atoms with Crippen molar-refractivity contribution in [3.63, 3.8) is 0 Å². The van der Waals surface area contributed by atoms with Gasteiger partial charge in [-0.1, -0.05) is 31.4 Å². The maximum atomic E-state index is 11.1. The predicted octanol–water partition coefficient (Wildman–Crippen LogP) is 2.83. The Morgan fingerprint density at radius 3 is 2.67 bits per heavy atom. The number of aliphatic imine (C=N–C) groups is 1. The molecule has 0 saturated heterocycles. The van der Waals surface area contributed by atoms with E-state index < -0.39 is 5.54 Å². The third kappa shape index (κ3) is 1.93. The van der Waals surface area contributed by atoms with Gasteiger partial charge in [-0.15, -0.1) is 0 Å². The average Bonchev–Trinajstić information content (AvgIpc) is 3.00. The molecule has 126 valence electrons. The molecule has 0 radical (unpaired) electrons. The first-order valence-electron chi connectivity index (χ1n) is 8.86. The van der Waals surface area contributed by atoms with Gasteiger partial charge in [0, 0.05) is 0 Å². The Bertz CT molecular complexity index is 869. The van der Waals surface area contributed by atoms with E-state index in [4.69, 9.17) is 10.7 Å². The minimum absolute atomic E-state index is 0.368. The fourth-order valence-corrected chi connectivity index (χ4v) is 4.41. The van der Waals surface area contributed by atoms with E-state index in [0.717, 1.165) is 54.7 Å². The van der Waals surface area contributed by atoms with E-state index >= 15 is 0 Å². The third-order valence-electron chi connectivity index (χ3n) is 5.60. The van der Waals surface area contributed by atoms with Crippen LogP contribution >= 0.6 is 0 Å². The van der Waals surface area contributed by atoms with Crippen molar-refractivity contribution in [2.75, 3.05) is 0 Å². The zero-order valence-electron chi connectivity index (χ0n) is 14.4. The number of hydrogen-bond donors (Lipinski definition) is 2. The summed E-state index contributed by atoms with van der Waals surface area (Å²) in [5.74, 6) is 1.79. The number of benzene rings is 1. The van der Waals surface area contributed by atoms with E-state index in [0.29, 0.717) is 11.6 Å². The first kappa shape index (κ1) is 15.2. The number of amidine groups is 1. The van der Waals surface area contributed by atoms with E-state index in [1.54, 1.807) is 0 Å². The number of aliphatic hydroxyl groups excluding tert-OH is 1. The molecule has 1 aromatic heterocycles. The van der Waals surface area contributed by atoms with Crippen LogP contribution in [0.2, 0.25) is 0 Å². The van der Waals surface area contributed by atoms with Crippen LogP contribution in [-0.4, -0.2) is 21.0 Å². The maximum absolute atomic E-state index is 11.1. The summed E-state index contributed by atoms with van der Waals surface area (Å²) in [6.07, 6.45) is 5.18. The zero-order valence-corrected chi connectivity index (χ0v) is 14.4. The fourth-order valence-electron chi connectivity index (χ4n) is 4.41. The molecule has 1 aliphatic carbocycles. The highest BCUT2D eigenvalue weighted by Crippen LogP contribution is 2.43. The molecule has 4 rings (SSSR count). The van der Waals surface area contributed by atoms with Crippen molar-refractivity contribution in [3.8, 4) is 0 Å². The van der Waals surface area contributed by atoms with E-state index in [1.165, 1.54) is 6.42 Å². The molecule has 1 aliphatic heterocycles. The Morgan fingerprint density at radius 1 is 1.25 bits per heavy atom. The number of nitrogens with two attached hydrogens (primary N) is 1. The standard InChI is InChI=1S/C19H24N4O/c1-3-23-14-10-6-5-9-13(14)22(2)18(23)15-16(24)19(21-17(15)20)11-7-4-8-12-19/h5-6,9-10H,3-4,7-8,11-12H2,1-2H3,(H2,20,21)/p+1. The molecule has 1 fully saturated rings. The van der Waals surface area contributed by atoms with Crippen LogP contribution in [0.5, 0.6) is 0 Å². The van der Waals surface area contributed by atoms with Crippen LogP contribution in [0.4, 0.5) is 0 Å².